The molecular formula is C16H30N2O2. The Morgan fingerprint density at radius 3 is 2.60 bits per heavy atom. The summed E-state index contributed by atoms with van der Waals surface area (Å²) in [5, 5.41) is 6.60. The van der Waals surface area contributed by atoms with Crippen molar-refractivity contribution in [3.63, 3.8) is 0 Å². The van der Waals surface area contributed by atoms with Gasteiger partial charge >= 0.3 is 6.09 Å². The van der Waals surface area contributed by atoms with E-state index in [-0.39, 0.29) is 6.09 Å². The van der Waals surface area contributed by atoms with Crippen LogP contribution in [0.5, 0.6) is 0 Å². The van der Waals surface area contributed by atoms with Gasteiger partial charge in [0.25, 0.3) is 0 Å². The Labute approximate surface area is 123 Å². The van der Waals surface area contributed by atoms with Gasteiger partial charge in [0.2, 0.25) is 0 Å². The molecule has 0 radical (unpaired) electrons. The average Bonchev–Trinajstić information content (AvgIpc) is 3.03. The average molecular weight is 282 g/mol. The molecule has 0 aromatic heterocycles. The highest BCUT2D eigenvalue weighted by Gasteiger charge is 2.28. The van der Waals surface area contributed by atoms with E-state index in [1.807, 2.05) is 20.8 Å². The molecule has 116 valence electrons. The van der Waals surface area contributed by atoms with Crippen LogP contribution in [0.4, 0.5) is 4.79 Å². The van der Waals surface area contributed by atoms with Gasteiger partial charge in [-0.2, -0.15) is 0 Å². The summed E-state index contributed by atoms with van der Waals surface area (Å²) in [4.78, 5) is 11.7. The fourth-order valence-corrected chi connectivity index (χ4v) is 2.96. The van der Waals surface area contributed by atoms with E-state index in [4.69, 9.17) is 4.74 Å². The fourth-order valence-electron chi connectivity index (χ4n) is 2.96. The van der Waals surface area contributed by atoms with Gasteiger partial charge in [0.05, 0.1) is 0 Å². The van der Waals surface area contributed by atoms with Crippen molar-refractivity contribution in [3.8, 4) is 0 Å². The highest BCUT2D eigenvalue weighted by Crippen LogP contribution is 2.32. The highest BCUT2D eigenvalue weighted by atomic mass is 16.6. The molecule has 0 bridgehead atoms. The summed E-state index contributed by atoms with van der Waals surface area (Å²) in [6.45, 7) is 7.55. The van der Waals surface area contributed by atoms with E-state index in [2.05, 4.69) is 10.6 Å². The molecule has 2 aliphatic carbocycles. The third kappa shape index (κ3) is 5.70. The number of hydrogen-bond donors (Lipinski definition) is 2. The summed E-state index contributed by atoms with van der Waals surface area (Å²) in [5.74, 6) is 1.55. The Morgan fingerprint density at radius 1 is 1.20 bits per heavy atom. The monoisotopic (exact) mass is 282 g/mol. The van der Waals surface area contributed by atoms with Crippen LogP contribution in [0.1, 0.15) is 59.3 Å². The van der Waals surface area contributed by atoms with E-state index in [1.54, 1.807) is 0 Å². The highest BCUT2D eigenvalue weighted by molar-refractivity contribution is 5.67. The number of amides is 1. The lowest BCUT2D eigenvalue weighted by Gasteiger charge is -2.23. The molecule has 0 aromatic carbocycles. The Balaban J connectivity index is 1.63. The number of carbonyl (C=O) groups is 1. The Morgan fingerprint density at radius 2 is 1.95 bits per heavy atom. The quantitative estimate of drug-likeness (QED) is 0.787. The minimum atomic E-state index is -0.415. The molecule has 1 amide bonds. The van der Waals surface area contributed by atoms with Crippen molar-refractivity contribution in [2.24, 2.45) is 11.8 Å². The Hall–Kier alpha value is -0.770. The first kappa shape index (κ1) is 15.6. The lowest BCUT2D eigenvalue weighted by molar-refractivity contribution is 0.0517. The van der Waals surface area contributed by atoms with Gasteiger partial charge < -0.3 is 15.4 Å². The number of rotatable bonds is 6. The second-order valence-electron chi connectivity index (χ2n) is 7.37. The first-order valence-corrected chi connectivity index (χ1v) is 8.14. The molecular weight excluding hydrogens is 252 g/mol. The first-order valence-electron chi connectivity index (χ1n) is 8.14. The van der Waals surface area contributed by atoms with Gasteiger partial charge in [-0.1, -0.05) is 19.3 Å². The van der Waals surface area contributed by atoms with Crippen LogP contribution >= 0.6 is 0 Å². The zero-order valence-corrected chi connectivity index (χ0v) is 13.2. The van der Waals surface area contributed by atoms with Crippen LogP contribution in [0, 0.1) is 11.8 Å². The largest absolute Gasteiger partial charge is 0.444 e. The molecule has 0 saturated heterocycles. The smallest absolute Gasteiger partial charge is 0.407 e. The van der Waals surface area contributed by atoms with Gasteiger partial charge in [-0.25, -0.2) is 4.79 Å². The molecule has 4 nitrogen and oxygen atoms in total. The molecule has 4 heteroatoms. The van der Waals surface area contributed by atoms with Crippen LogP contribution in [-0.2, 0) is 4.74 Å². The van der Waals surface area contributed by atoms with Crippen molar-refractivity contribution in [2.75, 3.05) is 13.1 Å². The van der Waals surface area contributed by atoms with Crippen molar-refractivity contribution >= 4 is 6.09 Å². The maximum Gasteiger partial charge on any atom is 0.407 e. The van der Waals surface area contributed by atoms with Gasteiger partial charge in [-0.05, 0) is 58.4 Å². The molecule has 0 spiro atoms. The van der Waals surface area contributed by atoms with Crippen LogP contribution in [-0.4, -0.2) is 30.8 Å². The second kappa shape index (κ2) is 6.79. The molecule has 0 aliphatic heterocycles. The third-order valence-corrected chi connectivity index (χ3v) is 4.22. The molecule has 2 saturated carbocycles. The Kier molecular flexibility index (Phi) is 5.30. The van der Waals surface area contributed by atoms with Gasteiger partial charge in [-0.3, -0.25) is 0 Å². The summed E-state index contributed by atoms with van der Waals surface area (Å²) in [5.41, 5.74) is -0.415. The summed E-state index contributed by atoms with van der Waals surface area (Å²) >= 11 is 0. The first-order chi connectivity index (χ1) is 9.44. The van der Waals surface area contributed by atoms with E-state index >= 15 is 0 Å². The molecule has 2 aliphatic rings. The topological polar surface area (TPSA) is 50.4 Å². The number of carbonyl (C=O) groups excluding carboxylic acids is 1. The maximum atomic E-state index is 11.7. The van der Waals surface area contributed by atoms with Gasteiger partial charge in [-0.15, -0.1) is 0 Å². The SMILES string of the molecule is CC(C)(C)OC(=O)NCC1CCCC1NCCC1CC1. The number of hydrogen-bond acceptors (Lipinski definition) is 3. The van der Waals surface area contributed by atoms with E-state index in [1.165, 1.54) is 38.5 Å². The second-order valence-corrected chi connectivity index (χ2v) is 7.37. The molecule has 2 unspecified atom stereocenters. The van der Waals surface area contributed by atoms with Crippen molar-refractivity contribution in [3.05, 3.63) is 0 Å². The minimum Gasteiger partial charge on any atom is -0.444 e. The zero-order valence-electron chi connectivity index (χ0n) is 13.2. The molecule has 2 N–H and O–H groups in total. The van der Waals surface area contributed by atoms with E-state index in [0.717, 1.165) is 19.0 Å². The van der Waals surface area contributed by atoms with Gasteiger partial charge in [0, 0.05) is 12.6 Å². The fraction of sp³-hybridized carbons (Fsp3) is 0.938. The molecule has 0 aromatic rings. The van der Waals surface area contributed by atoms with Crippen molar-refractivity contribution in [1.82, 2.24) is 10.6 Å². The Bertz CT molecular complexity index is 321. The molecule has 2 fully saturated rings. The van der Waals surface area contributed by atoms with Crippen molar-refractivity contribution in [1.29, 1.82) is 0 Å². The predicted octanol–water partition coefficient (Wildman–Crippen LogP) is 3.07. The van der Waals surface area contributed by atoms with Crippen molar-refractivity contribution < 1.29 is 9.53 Å². The van der Waals surface area contributed by atoms with Crippen LogP contribution in [0.3, 0.4) is 0 Å². The summed E-state index contributed by atoms with van der Waals surface area (Å²) < 4.78 is 5.28. The standard InChI is InChI=1S/C16H30N2O2/c1-16(2,3)20-15(19)18-11-13-5-4-6-14(13)17-10-9-12-7-8-12/h12-14,17H,4-11H2,1-3H3,(H,18,19). The van der Waals surface area contributed by atoms with Crippen LogP contribution < -0.4 is 10.6 Å². The molecule has 20 heavy (non-hydrogen) atoms. The lowest BCUT2D eigenvalue weighted by atomic mass is 10.0. The third-order valence-electron chi connectivity index (χ3n) is 4.22. The maximum absolute atomic E-state index is 11.7. The summed E-state index contributed by atoms with van der Waals surface area (Å²) in [6, 6.07) is 0.573. The summed E-state index contributed by atoms with van der Waals surface area (Å²) in [7, 11) is 0. The summed E-state index contributed by atoms with van der Waals surface area (Å²) in [6.07, 6.45) is 7.60. The predicted molar refractivity (Wildman–Crippen MR) is 80.7 cm³/mol. The molecule has 0 heterocycles. The van der Waals surface area contributed by atoms with Crippen molar-refractivity contribution in [2.45, 2.75) is 70.9 Å². The van der Waals surface area contributed by atoms with E-state index in [9.17, 15) is 4.79 Å². The molecule has 2 rings (SSSR count). The van der Waals surface area contributed by atoms with Crippen LogP contribution in [0.15, 0.2) is 0 Å². The number of nitrogens with one attached hydrogen (secondary N) is 2. The minimum absolute atomic E-state index is 0.291. The zero-order chi connectivity index (χ0) is 14.6. The van der Waals surface area contributed by atoms with Gasteiger partial charge in [0.15, 0.2) is 0 Å². The molecule has 2 atom stereocenters. The van der Waals surface area contributed by atoms with Crippen LogP contribution in [0.2, 0.25) is 0 Å². The lowest BCUT2D eigenvalue weighted by Crippen LogP contribution is -2.41. The van der Waals surface area contributed by atoms with E-state index in [0.29, 0.717) is 12.0 Å². The normalized spacial score (nSPS) is 26.6. The number of ether oxygens (including phenoxy) is 1. The van der Waals surface area contributed by atoms with Gasteiger partial charge in [0.1, 0.15) is 5.60 Å². The number of alkyl carbamates (subject to hydrolysis) is 1. The van der Waals surface area contributed by atoms with Crippen LogP contribution in [0.25, 0.3) is 0 Å². The van der Waals surface area contributed by atoms with E-state index < -0.39 is 5.60 Å².